The lowest BCUT2D eigenvalue weighted by molar-refractivity contribution is 0.0730. The van der Waals surface area contributed by atoms with Crippen LogP contribution in [0.5, 0.6) is 23.0 Å². The van der Waals surface area contributed by atoms with Crippen molar-refractivity contribution in [3.63, 3.8) is 0 Å². The lowest BCUT2D eigenvalue weighted by atomic mass is 9.83. The minimum absolute atomic E-state index is 0.0355. The summed E-state index contributed by atoms with van der Waals surface area (Å²) in [6, 6.07) is 27.6. The molecule has 8 heteroatoms. The molecule has 1 aliphatic rings. The van der Waals surface area contributed by atoms with E-state index in [0.29, 0.717) is 40.5 Å². The number of nitrogens with two attached hydrogens (primary N) is 1. The number of carbonyl (C=O) groups excluding carboxylic acids is 1. The molecule has 41 heavy (non-hydrogen) atoms. The third-order valence-electron chi connectivity index (χ3n) is 6.54. The van der Waals surface area contributed by atoms with Crippen molar-refractivity contribution in [3.05, 3.63) is 131 Å². The Morgan fingerprint density at radius 1 is 0.976 bits per heavy atom. The van der Waals surface area contributed by atoms with Crippen molar-refractivity contribution >= 4 is 5.97 Å². The molecule has 0 bridgehead atoms. The zero-order valence-electron chi connectivity index (χ0n) is 22.3. The minimum Gasteiger partial charge on any atom is -0.493 e. The third kappa shape index (κ3) is 5.99. The molecule has 0 saturated heterocycles. The highest BCUT2D eigenvalue weighted by atomic mass is 19.1. The highest BCUT2D eigenvalue weighted by Crippen LogP contribution is 2.43. The smallest absolute Gasteiger partial charge is 0.347 e. The van der Waals surface area contributed by atoms with Gasteiger partial charge in [-0.3, -0.25) is 0 Å². The highest BCUT2D eigenvalue weighted by molar-refractivity contribution is 5.94. The monoisotopic (exact) mass is 550 g/mol. The molecule has 0 fully saturated rings. The summed E-state index contributed by atoms with van der Waals surface area (Å²) in [5.74, 6) is 0.155. The van der Waals surface area contributed by atoms with Gasteiger partial charge in [0, 0.05) is 17.2 Å². The van der Waals surface area contributed by atoms with Gasteiger partial charge < -0.3 is 24.7 Å². The number of benzene rings is 4. The molecular weight excluding hydrogens is 523 g/mol. The Hall–Kier alpha value is -5.29. The average Bonchev–Trinajstić information content (AvgIpc) is 2.99. The van der Waals surface area contributed by atoms with E-state index in [9.17, 15) is 14.4 Å². The predicted octanol–water partition coefficient (Wildman–Crippen LogP) is 6.63. The molecule has 1 atom stereocenters. The van der Waals surface area contributed by atoms with Crippen molar-refractivity contribution in [2.45, 2.75) is 25.9 Å². The number of allylic oxidation sites excluding steroid dienone is 1. The molecule has 1 unspecified atom stereocenters. The van der Waals surface area contributed by atoms with Crippen LogP contribution >= 0.6 is 0 Å². The van der Waals surface area contributed by atoms with Gasteiger partial charge in [0.25, 0.3) is 0 Å². The van der Waals surface area contributed by atoms with Crippen LogP contribution in [-0.4, -0.2) is 12.6 Å². The van der Waals surface area contributed by atoms with Crippen molar-refractivity contribution in [1.82, 2.24) is 0 Å². The van der Waals surface area contributed by atoms with Gasteiger partial charge in [-0.25, -0.2) is 9.18 Å². The number of carbonyl (C=O) groups is 1. The molecule has 0 aromatic heterocycles. The summed E-state index contributed by atoms with van der Waals surface area (Å²) in [6.07, 6.45) is 0.801. The number of hydrogen-bond donors (Lipinski definition) is 1. The van der Waals surface area contributed by atoms with Crippen LogP contribution in [0.2, 0.25) is 0 Å². The number of hydrogen-bond acceptors (Lipinski definition) is 7. The number of nitriles is 1. The van der Waals surface area contributed by atoms with Gasteiger partial charge in [0.05, 0.1) is 12.5 Å². The molecule has 0 amide bonds. The van der Waals surface area contributed by atoms with Gasteiger partial charge in [-0.15, -0.1) is 0 Å². The zero-order chi connectivity index (χ0) is 28.8. The van der Waals surface area contributed by atoms with Crippen LogP contribution in [0.4, 0.5) is 4.39 Å². The minimum atomic E-state index is -0.573. The number of fused-ring (bicyclic) bond motifs is 1. The average molecular weight is 551 g/mol. The lowest BCUT2D eigenvalue weighted by Gasteiger charge is -2.27. The van der Waals surface area contributed by atoms with E-state index in [1.54, 1.807) is 72.8 Å². The van der Waals surface area contributed by atoms with Crippen molar-refractivity contribution in [2.75, 3.05) is 6.61 Å². The summed E-state index contributed by atoms with van der Waals surface area (Å²) in [5, 5.41) is 9.89. The molecule has 2 N–H and O–H groups in total. The Morgan fingerprint density at radius 3 is 2.46 bits per heavy atom. The number of rotatable bonds is 9. The fourth-order valence-electron chi connectivity index (χ4n) is 4.51. The van der Waals surface area contributed by atoms with Crippen LogP contribution in [0.1, 0.15) is 46.3 Å². The van der Waals surface area contributed by atoms with E-state index >= 15 is 0 Å². The van der Waals surface area contributed by atoms with Gasteiger partial charge in [0.1, 0.15) is 52.6 Å². The molecule has 4 aromatic carbocycles. The molecule has 0 radical (unpaired) electrons. The largest absolute Gasteiger partial charge is 0.493 e. The summed E-state index contributed by atoms with van der Waals surface area (Å²) in [4.78, 5) is 13.0. The van der Waals surface area contributed by atoms with Crippen LogP contribution in [0, 0.1) is 17.1 Å². The van der Waals surface area contributed by atoms with E-state index in [1.165, 1.54) is 6.07 Å². The first-order valence-electron chi connectivity index (χ1n) is 13.1. The van der Waals surface area contributed by atoms with Gasteiger partial charge in [0.2, 0.25) is 5.88 Å². The Kier molecular flexibility index (Phi) is 8.16. The Morgan fingerprint density at radius 2 is 1.71 bits per heavy atom. The Balaban J connectivity index is 1.37. The first kappa shape index (κ1) is 27.3. The number of nitrogens with zero attached hydrogens (tertiary/aromatic N) is 1. The van der Waals surface area contributed by atoms with Gasteiger partial charge in [-0.05, 0) is 48.4 Å². The molecule has 5 rings (SSSR count). The van der Waals surface area contributed by atoms with Crippen molar-refractivity contribution in [2.24, 2.45) is 5.73 Å². The molecule has 1 heterocycles. The molecule has 4 aromatic rings. The topological polar surface area (TPSA) is 104 Å². The predicted molar refractivity (Wildman–Crippen MR) is 150 cm³/mol. The normalized spacial score (nSPS) is 13.9. The van der Waals surface area contributed by atoms with E-state index in [0.717, 1.165) is 12.0 Å². The third-order valence-corrected chi connectivity index (χ3v) is 6.54. The van der Waals surface area contributed by atoms with Crippen molar-refractivity contribution in [3.8, 4) is 29.1 Å². The quantitative estimate of drug-likeness (QED) is 0.184. The molecule has 206 valence electrons. The second kappa shape index (κ2) is 12.3. The van der Waals surface area contributed by atoms with Crippen LogP contribution in [-0.2, 0) is 6.61 Å². The first-order chi connectivity index (χ1) is 20.0. The van der Waals surface area contributed by atoms with Gasteiger partial charge >= 0.3 is 5.97 Å². The molecule has 0 saturated carbocycles. The van der Waals surface area contributed by atoms with Crippen LogP contribution in [0.15, 0.2) is 102 Å². The van der Waals surface area contributed by atoms with E-state index in [2.05, 4.69) is 6.07 Å². The standard InChI is InChI=1S/C33H27FN2O5/c1-2-17-38-29-10-6-4-8-26(29)33(37)40-24-15-16-25-30(18-24)41-32(36)27(19-35)31(25)21-11-13-23(14-12-21)39-20-22-7-3-5-9-28(22)34/h3-16,18,31H,2,17,20,36H2,1H3. The van der Waals surface area contributed by atoms with Gasteiger partial charge in [-0.2, -0.15) is 5.26 Å². The van der Waals surface area contributed by atoms with Crippen LogP contribution < -0.4 is 24.7 Å². The number of para-hydroxylation sites is 1. The van der Waals surface area contributed by atoms with E-state index in [-0.39, 0.29) is 29.6 Å². The summed E-state index contributed by atoms with van der Waals surface area (Å²) < 4.78 is 36.8. The number of ether oxygens (including phenoxy) is 4. The molecule has 0 aliphatic carbocycles. The van der Waals surface area contributed by atoms with E-state index in [1.807, 2.05) is 19.1 Å². The van der Waals surface area contributed by atoms with Crippen LogP contribution in [0.3, 0.4) is 0 Å². The number of esters is 1. The second-order valence-electron chi connectivity index (χ2n) is 9.31. The maximum atomic E-state index is 13.9. The van der Waals surface area contributed by atoms with Gasteiger partial charge in [0.15, 0.2) is 0 Å². The van der Waals surface area contributed by atoms with Gasteiger partial charge in [-0.1, -0.05) is 55.5 Å². The maximum absolute atomic E-state index is 13.9. The maximum Gasteiger partial charge on any atom is 0.347 e. The first-order valence-corrected chi connectivity index (χ1v) is 13.1. The summed E-state index contributed by atoms with van der Waals surface area (Å²) in [6.45, 7) is 2.54. The highest BCUT2D eigenvalue weighted by Gasteiger charge is 2.31. The van der Waals surface area contributed by atoms with E-state index in [4.69, 9.17) is 24.7 Å². The molecule has 7 nitrogen and oxygen atoms in total. The SMILES string of the molecule is CCCOc1ccccc1C(=O)Oc1ccc2c(c1)OC(N)=C(C#N)C2c1ccc(OCc2ccccc2F)cc1. The fraction of sp³-hybridized carbons (Fsp3) is 0.152. The van der Waals surface area contributed by atoms with E-state index < -0.39 is 11.9 Å². The Labute approximate surface area is 237 Å². The lowest BCUT2D eigenvalue weighted by Crippen LogP contribution is -2.21. The van der Waals surface area contributed by atoms with Crippen molar-refractivity contribution in [1.29, 1.82) is 5.26 Å². The summed E-state index contributed by atoms with van der Waals surface area (Å²) >= 11 is 0. The molecule has 1 aliphatic heterocycles. The Bertz CT molecular complexity index is 1640. The van der Waals surface area contributed by atoms with Crippen molar-refractivity contribution < 1.29 is 28.1 Å². The summed E-state index contributed by atoms with van der Waals surface area (Å²) in [5.41, 5.74) is 8.62. The zero-order valence-corrected chi connectivity index (χ0v) is 22.3. The number of halogens is 1. The summed E-state index contributed by atoms with van der Waals surface area (Å²) in [7, 11) is 0. The molecule has 0 spiro atoms. The van der Waals surface area contributed by atoms with Crippen LogP contribution in [0.25, 0.3) is 0 Å². The second-order valence-corrected chi connectivity index (χ2v) is 9.31. The fourth-order valence-corrected chi connectivity index (χ4v) is 4.51. The molecular formula is C33H27FN2O5.